The summed E-state index contributed by atoms with van der Waals surface area (Å²) in [5.74, 6) is 0.961. The Balaban J connectivity index is 2.21. The van der Waals surface area contributed by atoms with Crippen molar-refractivity contribution >= 4 is 17.2 Å². The lowest BCUT2D eigenvalue weighted by atomic mass is 10.2. The Morgan fingerprint density at radius 3 is 3.00 bits per heavy atom. The molecule has 5 heteroatoms. The first kappa shape index (κ1) is 10.4. The van der Waals surface area contributed by atoms with Gasteiger partial charge in [-0.2, -0.15) is 0 Å². The zero-order valence-corrected chi connectivity index (χ0v) is 9.41. The molecule has 2 heterocycles. The van der Waals surface area contributed by atoms with Gasteiger partial charge in [-0.3, -0.25) is 4.40 Å². The van der Waals surface area contributed by atoms with E-state index in [1.54, 1.807) is 12.4 Å². The van der Waals surface area contributed by atoms with Crippen molar-refractivity contribution < 1.29 is 0 Å². The monoisotopic (exact) mass is 224 g/mol. The molecule has 15 heavy (non-hydrogen) atoms. The number of fused-ring (bicyclic) bond motifs is 1. The molecular formula is C10H13ClN4. The van der Waals surface area contributed by atoms with Crippen molar-refractivity contribution in [3.63, 3.8) is 0 Å². The maximum Gasteiger partial charge on any atom is 0.165 e. The molecule has 0 fully saturated rings. The maximum absolute atomic E-state index is 5.76. The highest BCUT2D eigenvalue weighted by Crippen LogP contribution is 2.10. The van der Waals surface area contributed by atoms with Crippen molar-refractivity contribution in [2.75, 3.05) is 0 Å². The Morgan fingerprint density at radius 2 is 2.20 bits per heavy atom. The van der Waals surface area contributed by atoms with E-state index in [0.717, 1.165) is 24.3 Å². The second kappa shape index (κ2) is 4.57. The van der Waals surface area contributed by atoms with Gasteiger partial charge in [0.25, 0.3) is 0 Å². The topological polar surface area (TPSA) is 43.1 Å². The van der Waals surface area contributed by atoms with Crippen molar-refractivity contribution in [2.24, 2.45) is 0 Å². The number of aryl methyl sites for hydroxylation is 1. The largest absolute Gasteiger partial charge is 0.269 e. The third-order valence-electron chi connectivity index (χ3n) is 2.34. The smallest absolute Gasteiger partial charge is 0.165 e. The number of halogens is 1. The van der Waals surface area contributed by atoms with Crippen molar-refractivity contribution in [3.05, 3.63) is 23.4 Å². The molecule has 80 valence electrons. The standard InChI is InChI=1S/C10H13ClN4/c1-2-3-4-5-9-13-14-10-6-8(11)12-7-15(9)10/h6-7H,2-5H2,1H3. The van der Waals surface area contributed by atoms with E-state index < -0.39 is 0 Å². The normalized spacial score (nSPS) is 11.1. The molecule has 2 aromatic heterocycles. The Hall–Kier alpha value is -1.16. The molecule has 2 aromatic rings. The lowest BCUT2D eigenvalue weighted by Crippen LogP contribution is -1.95. The molecule has 0 amide bonds. The van der Waals surface area contributed by atoms with Gasteiger partial charge in [0, 0.05) is 12.5 Å². The number of rotatable bonds is 4. The summed E-state index contributed by atoms with van der Waals surface area (Å²) in [4.78, 5) is 4.02. The Labute approximate surface area is 93.3 Å². The molecule has 0 unspecified atom stereocenters. The van der Waals surface area contributed by atoms with Gasteiger partial charge >= 0.3 is 0 Å². The molecule has 0 aromatic carbocycles. The first-order chi connectivity index (χ1) is 7.31. The van der Waals surface area contributed by atoms with Gasteiger partial charge in [0.2, 0.25) is 0 Å². The minimum Gasteiger partial charge on any atom is -0.269 e. The van der Waals surface area contributed by atoms with Gasteiger partial charge in [0.15, 0.2) is 5.65 Å². The summed E-state index contributed by atoms with van der Waals surface area (Å²) in [6.45, 7) is 2.18. The minimum absolute atomic E-state index is 0.454. The van der Waals surface area contributed by atoms with E-state index in [0.29, 0.717) is 5.15 Å². The molecule has 0 N–H and O–H groups in total. The molecule has 4 nitrogen and oxygen atoms in total. The van der Waals surface area contributed by atoms with E-state index in [2.05, 4.69) is 22.1 Å². The van der Waals surface area contributed by atoms with Crippen LogP contribution < -0.4 is 0 Å². The number of unbranched alkanes of at least 4 members (excludes halogenated alkanes) is 2. The van der Waals surface area contributed by atoms with Gasteiger partial charge in [-0.05, 0) is 6.42 Å². The van der Waals surface area contributed by atoms with Gasteiger partial charge < -0.3 is 0 Å². The summed E-state index contributed by atoms with van der Waals surface area (Å²) in [7, 11) is 0. The van der Waals surface area contributed by atoms with Crippen LogP contribution in [0.25, 0.3) is 5.65 Å². The first-order valence-electron chi connectivity index (χ1n) is 5.16. The van der Waals surface area contributed by atoms with E-state index in [4.69, 9.17) is 11.6 Å². The molecule has 2 rings (SSSR count). The zero-order valence-electron chi connectivity index (χ0n) is 8.65. The van der Waals surface area contributed by atoms with Crippen molar-refractivity contribution in [1.82, 2.24) is 19.6 Å². The van der Waals surface area contributed by atoms with Crippen molar-refractivity contribution in [1.29, 1.82) is 0 Å². The summed E-state index contributed by atoms with van der Waals surface area (Å²) in [6.07, 6.45) is 6.19. The van der Waals surface area contributed by atoms with Gasteiger partial charge in [-0.15, -0.1) is 10.2 Å². The van der Waals surface area contributed by atoms with Gasteiger partial charge in [-0.25, -0.2) is 4.98 Å². The second-order valence-corrected chi connectivity index (χ2v) is 3.90. The lowest BCUT2D eigenvalue weighted by molar-refractivity contribution is 0.687. The lowest BCUT2D eigenvalue weighted by Gasteiger charge is -1.98. The Kier molecular flexibility index (Phi) is 3.16. The molecule has 0 saturated heterocycles. The minimum atomic E-state index is 0.454. The van der Waals surface area contributed by atoms with Gasteiger partial charge in [0.1, 0.15) is 17.3 Å². The number of hydrogen-bond donors (Lipinski definition) is 0. The summed E-state index contributed by atoms with van der Waals surface area (Å²) in [5.41, 5.74) is 0.765. The maximum atomic E-state index is 5.76. The highest BCUT2D eigenvalue weighted by atomic mass is 35.5. The molecule has 0 spiro atoms. The fourth-order valence-electron chi connectivity index (χ4n) is 1.52. The summed E-state index contributed by atoms with van der Waals surface area (Å²) < 4.78 is 1.89. The van der Waals surface area contributed by atoms with Crippen LogP contribution in [0.1, 0.15) is 32.0 Å². The molecule has 0 aliphatic rings. The fourth-order valence-corrected chi connectivity index (χ4v) is 1.66. The highest BCUT2D eigenvalue weighted by molar-refractivity contribution is 6.29. The van der Waals surface area contributed by atoms with E-state index in [1.165, 1.54) is 12.8 Å². The third-order valence-corrected chi connectivity index (χ3v) is 2.55. The van der Waals surface area contributed by atoms with Crippen molar-refractivity contribution in [3.8, 4) is 0 Å². The van der Waals surface area contributed by atoms with E-state index in [-0.39, 0.29) is 0 Å². The number of aromatic nitrogens is 4. The SMILES string of the molecule is CCCCCc1nnc2cc(Cl)ncn12. The van der Waals surface area contributed by atoms with Gasteiger partial charge in [-0.1, -0.05) is 31.4 Å². The Bertz CT molecular complexity index is 452. The van der Waals surface area contributed by atoms with Crippen LogP contribution in [0.5, 0.6) is 0 Å². The molecule has 0 bridgehead atoms. The summed E-state index contributed by atoms with van der Waals surface area (Å²) >= 11 is 5.76. The van der Waals surface area contributed by atoms with Crippen LogP contribution in [-0.2, 0) is 6.42 Å². The average Bonchev–Trinajstić information content (AvgIpc) is 2.61. The van der Waals surface area contributed by atoms with Crippen LogP contribution in [0.2, 0.25) is 5.15 Å². The van der Waals surface area contributed by atoms with Crippen molar-refractivity contribution in [2.45, 2.75) is 32.6 Å². The summed E-state index contributed by atoms with van der Waals surface area (Å²) in [5, 5.41) is 8.62. The first-order valence-corrected chi connectivity index (χ1v) is 5.54. The van der Waals surface area contributed by atoms with Crippen LogP contribution >= 0.6 is 11.6 Å². The number of nitrogens with zero attached hydrogens (tertiary/aromatic N) is 4. The summed E-state index contributed by atoms with van der Waals surface area (Å²) in [6, 6.07) is 1.72. The van der Waals surface area contributed by atoms with Crippen LogP contribution in [0.3, 0.4) is 0 Å². The predicted molar refractivity (Wildman–Crippen MR) is 59.0 cm³/mol. The van der Waals surface area contributed by atoms with Gasteiger partial charge in [0.05, 0.1) is 0 Å². The van der Waals surface area contributed by atoms with Crippen LogP contribution in [0.4, 0.5) is 0 Å². The number of hydrogen-bond acceptors (Lipinski definition) is 3. The molecule has 0 saturated carbocycles. The molecular weight excluding hydrogens is 212 g/mol. The second-order valence-electron chi connectivity index (χ2n) is 3.51. The van der Waals surface area contributed by atoms with E-state index in [1.807, 2.05) is 4.40 Å². The van der Waals surface area contributed by atoms with Crippen LogP contribution in [0, 0.1) is 0 Å². The molecule has 0 aliphatic heterocycles. The Morgan fingerprint density at radius 1 is 1.33 bits per heavy atom. The average molecular weight is 225 g/mol. The zero-order chi connectivity index (χ0) is 10.7. The van der Waals surface area contributed by atoms with Crippen LogP contribution in [0.15, 0.2) is 12.4 Å². The van der Waals surface area contributed by atoms with Crippen LogP contribution in [-0.4, -0.2) is 19.6 Å². The highest BCUT2D eigenvalue weighted by Gasteiger charge is 2.05. The molecule has 0 atom stereocenters. The molecule has 0 radical (unpaired) electrons. The fraction of sp³-hybridized carbons (Fsp3) is 0.500. The molecule has 0 aliphatic carbocycles. The predicted octanol–water partition coefficient (Wildman–Crippen LogP) is 2.51. The van der Waals surface area contributed by atoms with E-state index in [9.17, 15) is 0 Å². The third kappa shape index (κ3) is 2.26. The van der Waals surface area contributed by atoms with E-state index >= 15 is 0 Å². The quantitative estimate of drug-likeness (QED) is 0.592.